The lowest BCUT2D eigenvalue weighted by Crippen LogP contribution is -2.56. The summed E-state index contributed by atoms with van der Waals surface area (Å²) in [5.74, 6) is -3.98. The van der Waals surface area contributed by atoms with E-state index in [-0.39, 0.29) is 6.42 Å². The standard InChI is InChI=1S/C24H26ClF3N2O4/c1-15(2)21(22(32)24(26,27)28)29-23(33)19(12-16-8-5-4-6-9-16)30(3)20(31)14-34-18-11-7-10-17(25)13-18/h4-11,13,15,19,21H,12,14H2,1-3H3,(H,29,33). The van der Waals surface area contributed by atoms with Crippen LogP contribution in [0.15, 0.2) is 54.6 Å². The highest BCUT2D eigenvalue weighted by atomic mass is 35.5. The lowest BCUT2D eigenvalue weighted by Gasteiger charge is -2.30. The fourth-order valence-electron chi connectivity index (χ4n) is 3.18. The third-order valence-corrected chi connectivity index (χ3v) is 5.36. The molecular weight excluding hydrogens is 473 g/mol. The van der Waals surface area contributed by atoms with Gasteiger partial charge in [-0.25, -0.2) is 0 Å². The van der Waals surface area contributed by atoms with Gasteiger partial charge in [0.25, 0.3) is 11.7 Å². The van der Waals surface area contributed by atoms with Crippen molar-refractivity contribution in [3.8, 4) is 5.75 Å². The molecule has 0 aliphatic carbocycles. The van der Waals surface area contributed by atoms with Gasteiger partial charge in [0.15, 0.2) is 6.61 Å². The number of nitrogens with zero attached hydrogens (tertiary/aromatic N) is 1. The number of rotatable bonds is 10. The van der Waals surface area contributed by atoms with Crippen LogP contribution in [-0.2, 0) is 20.8 Å². The topological polar surface area (TPSA) is 75.7 Å². The molecule has 0 bridgehead atoms. The Balaban J connectivity index is 2.22. The van der Waals surface area contributed by atoms with Crippen molar-refractivity contribution in [3.63, 3.8) is 0 Å². The average molecular weight is 499 g/mol. The third kappa shape index (κ3) is 7.76. The van der Waals surface area contributed by atoms with Crippen molar-refractivity contribution in [2.75, 3.05) is 13.7 Å². The van der Waals surface area contributed by atoms with E-state index in [1.54, 1.807) is 48.5 Å². The van der Waals surface area contributed by atoms with Crippen LogP contribution in [0.25, 0.3) is 0 Å². The van der Waals surface area contributed by atoms with Crippen molar-refractivity contribution in [2.24, 2.45) is 5.92 Å². The van der Waals surface area contributed by atoms with Crippen LogP contribution in [0.5, 0.6) is 5.75 Å². The average Bonchev–Trinajstić information content (AvgIpc) is 2.78. The SMILES string of the molecule is CC(C)C(NC(=O)C(Cc1ccccc1)N(C)C(=O)COc1cccc(Cl)c1)C(=O)C(F)(F)F. The number of halogens is 4. The number of carbonyl (C=O) groups is 3. The molecule has 0 heterocycles. The van der Waals surface area contributed by atoms with E-state index in [0.717, 1.165) is 4.90 Å². The summed E-state index contributed by atoms with van der Waals surface area (Å²) < 4.78 is 44.6. The minimum atomic E-state index is -5.11. The van der Waals surface area contributed by atoms with Gasteiger partial charge in [0, 0.05) is 18.5 Å². The van der Waals surface area contributed by atoms with E-state index in [1.165, 1.54) is 27.0 Å². The first kappa shape index (κ1) is 27.2. The van der Waals surface area contributed by atoms with Crippen molar-refractivity contribution < 1.29 is 32.3 Å². The molecule has 2 unspecified atom stereocenters. The van der Waals surface area contributed by atoms with Crippen LogP contribution >= 0.6 is 11.6 Å². The summed E-state index contributed by atoms with van der Waals surface area (Å²) in [5, 5.41) is 2.61. The van der Waals surface area contributed by atoms with Gasteiger partial charge in [-0.15, -0.1) is 0 Å². The van der Waals surface area contributed by atoms with Crippen molar-refractivity contribution in [2.45, 2.75) is 38.5 Å². The molecule has 2 atom stereocenters. The molecule has 0 saturated heterocycles. The molecule has 0 aromatic heterocycles. The number of hydrogen-bond acceptors (Lipinski definition) is 4. The lowest BCUT2D eigenvalue weighted by atomic mass is 9.97. The Kier molecular flexibility index (Phi) is 9.49. The summed E-state index contributed by atoms with van der Waals surface area (Å²) in [5.41, 5.74) is 0.682. The summed E-state index contributed by atoms with van der Waals surface area (Å²) in [7, 11) is 1.35. The Bertz CT molecular complexity index is 999. The molecule has 10 heteroatoms. The Morgan fingerprint density at radius 1 is 1.06 bits per heavy atom. The smallest absolute Gasteiger partial charge is 0.452 e. The highest BCUT2D eigenvalue weighted by Crippen LogP contribution is 2.22. The van der Waals surface area contributed by atoms with Crippen LogP contribution in [0.3, 0.4) is 0 Å². The molecule has 6 nitrogen and oxygen atoms in total. The highest BCUT2D eigenvalue weighted by Gasteiger charge is 2.45. The molecule has 2 aromatic carbocycles. The quantitative estimate of drug-likeness (QED) is 0.536. The van der Waals surface area contributed by atoms with Gasteiger partial charge in [0.05, 0.1) is 6.04 Å². The number of hydrogen-bond donors (Lipinski definition) is 1. The van der Waals surface area contributed by atoms with Crippen molar-refractivity contribution >= 4 is 29.2 Å². The minimum Gasteiger partial charge on any atom is -0.484 e. The first-order valence-electron chi connectivity index (χ1n) is 10.5. The molecule has 184 valence electrons. The van der Waals surface area contributed by atoms with Crippen LogP contribution in [0.4, 0.5) is 13.2 Å². The molecular formula is C24H26ClF3N2O4. The first-order valence-corrected chi connectivity index (χ1v) is 10.9. The summed E-state index contributed by atoms with van der Waals surface area (Å²) in [6.07, 6.45) is -5.08. The monoisotopic (exact) mass is 498 g/mol. The van der Waals surface area contributed by atoms with E-state index < -0.39 is 48.4 Å². The van der Waals surface area contributed by atoms with E-state index in [4.69, 9.17) is 16.3 Å². The third-order valence-electron chi connectivity index (χ3n) is 5.12. The zero-order valence-corrected chi connectivity index (χ0v) is 19.7. The molecule has 2 aromatic rings. The van der Waals surface area contributed by atoms with Gasteiger partial charge in [-0.3, -0.25) is 14.4 Å². The predicted molar refractivity (Wildman–Crippen MR) is 121 cm³/mol. The molecule has 0 saturated carbocycles. The maximum atomic E-state index is 13.1. The van der Waals surface area contributed by atoms with Gasteiger partial charge in [-0.1, -0.05) is 61.8 Å². The second kappa shape index (κ2) is 11.9. The predicted octanol–water partition coefficient (Wildman–Crippen LogP) is 4.06. The van der Waals surface area contributed by atoms with Crippen LogP contribution < -0.4 is 10.1 Å². The number of likely N-dealkylation sites (N-methyl/N-ethyl adjacent to an activating group) is 1. The van der Waals surface area contributed by atoms with E-state index in [2.05, 4.69) is 5.32 Å². The van der Waals surface area contributed by atoms with Crippen molar-refractivity contribution in [1.82, 2.24) is 10.2 Å². The van der Waals surface area contributed by atoms with Crippen LogP contribution in [0, 0.1) is 5.92 Å². The zero-order valence-electron chi connectivity index (χ0n) is 18.9. The highest BCUT2D eigenvalue weighted by molar-refractivity contribution is 6.30. The normalized spacial score (nSPS) is 13.2. The van der Waals surface area contributed by atoms with Gasteiger partial charge in [0.1, 0.15) is 11.8 Å². The summed E-state index contributed by atoms with van der Waals surface area (Å²) in [4.78, 5) is 38.8. The summed E-state index contributed by atoms with van der Waals surface area (Å²) in [6, 6.07) is 12.1. The summed E-state index contributed by atoms with van der Waals surface area (Å²) >= 11 is 5.90. The molecule has 0 aliphatic rings. The molecule has 1 N–H and O–H groups in total. The minimum absolute atomic E-state index is 0.0249. The van der Waals surface area contributed by atoms with Crippen LogP contribution in [-0.4, -0.2) is 54.4 Å². The maximum Gasteiger partial charge on any atom is 0.452 e. The van der Waals surface area contributed by atoms with Crippen molar-refractivity contribution in [1.29, 1.82) is 0 Å². The van der Waals surface area contributed by atoms with E-state index in [9.17, 15) is 27.6 Å². The second-order valence-corrected chi connectivity index (χ2v) is 8.48. The van der Waals surface area contributed by atoms with Crippen LogP contribution in [0.2, 0.25) is 5.02 Å². The van der Waals surface area contributed by atoms with Gasteiger partial charge in [-0.05, 0) is 29.7 Å². The lowest BCUT2D eigenvalue weighted by molar-refractivity contribution is -0.175. The van der Waals surface area contributed by atoms with E-state index in [0.29, 0.717) is 16.3 Å². The number of alkyl halides is 3. The number of ketones is 1. The second-order valence-electron chi connectivity index (χ2n) is 8.05. The molecule has 2 amide bonds. The van der Waals surface area contributed by atoms with Crippen molar-refractivity contribution in [3.05, 3.63) is 65.2 Å². The fourth-order valence-corrected chi connectivity index (χ4v) is 3.36. The number of amides is 2. The Hall–Kier alpha value is -3.07. The maximum absolute atomic E-state index is 13.1. The zero-order chi connectivity index (χ0) is 25.5. The Morgan fingerprint density at radius 3 is 2.26 bits per heavy atom. The van der Waals surface area contributed by atoms with E-state index >= 15 is 0 Å². The number of benzene rings is 2. The first-order chi connectivity index (χ1) is 15.9. The molecule has 34 heavy (non-hydrogen) atoms. The molecule has 0 radical (unpaired) electrons. The van der Waals surface area contributed by atoms with Gasteiger partial charge >= 0.3 is 6.18 Å². The molecule has 0 spiro atoms. The Morgan fingerprint density at radius 2 is 1.71 bits per heavy atom. The molecule has 0 fully saturated rings. The number of nitrogens with one attached hydrogen (secondary N) is 1. The van der Waals surface area contributed by atoms with Gasteiger partial charge in [-0.2, -0.15) is 13.2 Å². The summed E-state index contributed by atoms with van der Waals surface area (Å²) in [6.45, 7) is 2.37. The molecule has 2 rings (SSSR count). The van der Waals surface area contributed by atoms with E-state index in [1.807, 2.05) is 0 Å². The largest absolute Gasteiger partial charge is 0.484 e. The Labute approximate surface area is 201 Å². The fraction of sp³-hybridized carbons (Fsp3) is 0.375. The number of Topliss-reactive ketones (excluding diaryl/α,β-unsaturated/α-hetero) is 1. The molecule has 0 aliphatic heterocycles. The number of ether oxygens (including phenoxy) is 1. The van der Waals surface area contributed by atoms with Gasteiger partial charge < -0.3 is 15.0 Å². The van der Waals surface area contributed by atoms with Crippen LogP contribution in [0.1, 0.15) is 19.4 Å². The van der Waals surface area contributed by atoms with Gasteiger partial charge in [0.2, 0.25) is 5.91 Å². The number of carbonyl (C=O) groups excluding carboxylic acids is 3.